The van der Waals surface area contributed by atoms with Crippen LogP contribution < -0.4 is 5.32 Å². The zero-order valence-corrected chi connectivity index (χ0v) is 15.7. The summed E-state index contributed by atoms with van der Waals surface area (Å²) >= 11 is 5.92. The van der Waals surface area contributed by atoms with Gasteiger partial charge >= 0.3 is 0 Å². The second-order valence-electron chi connectivity index (χ2n) is 5.98. The number of hydrogen-bond acceptors (Lipinski definition) is 4. The van der Waals surface area contributed by atoms with Crippen LogP contribution in [0.2, 0.25) is 5.02 Å². The topological polar surface area (TPSA) is 44.7 Å². The zero-order valence-electron chi connectivity index (χ0n) is 13.3. The lowest BCUT2D eigenvalue weighted by molar-refractivity contribution is 0.0206. The molecule has 24 heavy (non-hydrogen) atoms. The number of phenols is 1. The van der Waals surface area contributed by atoms with Crippen molar-refractivity contribution in [3.8, 4) is 5.75 Å². The molecule has 0 aromatic heterocycles. The van der Waals surface area contributed by atoms with Gasteiger partial charge in [-0.2, -0.15) is 0 Å². The first-order valence-electron chi connectivity index (χ1n) is 7.88. The third-order valence-corrected chi connectivity index (χ3v) is 5.04. The number of rotatable bonds is 3. The Kier molecular flexibility index (Phi) is 9.06. The fraction of sp³-hybridized carbons (Fsp3) is 0.625. The minimum atomic E-state index is -0.575. The minimum Gasteiger partial charge on any atom is -0.506 e. The molecule has 0 radical (unpaired) electrons. The molecule has 0 spiro atoms. The smallest absolute Gasteiger partial charge is 0.145 e. The highest BCUT2D eigenvalue weighted by Crippen LogP contribution is 2.42. The Hall–Kier alpha value is -0.300. The molecule has 2 aliphatic heterocycles. The standard InChI is InChI=1S/C16H22ClFN2O2.2ClH/c17-14-13(18)2-1-12(16(14)21)15(11-3-9-22-10-4-11)20-7-5-19-6-8-20;;/h1-2,11,15,19,21H,3-10H2;2*1H/t15-;;/m0../s1. The van der Waals surface area contributed by atoms with Gasteiger partial charge < -0.3 is 15.2 Å². The number of halogens is 4. The van der Waals surface area contributed by atoms with Crippen molar-refractivity contribution in [2.75, 3.05) is 39.4 Å². The molecule has 4 nitrogen and oxygen atoms in total. The molecule has 138 valence electrons. The van der Waals surface area contributed by atoms with Crippen molar-refractivity contribution in [1.82, 2.24) is 10.2 Å². The number of piperazine rings is 1. The lowest BCUT2D eigenvalue weighted by atomic mass is 9.85. The van der Waals surface area contributed by atoms with E-state index in [1.165, 1.54) is 6.07 Å². The van der Waals surface area contributed by atoms with Crippen molar-refractivity contribution in [3.05, 3.63) is 28.5 Å². The second kappa shape index (κ2) is 10.00. The molecular formula is C16H24Cl3FN2O2. The Morgan fingerprint density at radius 1 is 1.21 bits per heavy atom. The minimum absolute atomic E-state index is 0. The van der Waals surface area contributed by atoms with E-state index in [0.29, 0.717) is 5.92 Å². The highest BCUT2D eigenvalue weighted by Gasteiger charge is 2.33. The van der Waals surface area contributed by atoms with Crippen molar-refractivity contribution in [2.45, 2.75) is 18.9 Å². The van der Waals surface area contributed by atoms with E-state index >= 15 is 0 Å². The van der Waals surface area contributed by atoms with Gasteiger partial charge in [-0.3, -0.25) is 4.90 Å². The number of phenolic OH excluding ortho intramolecular Hbond substituents is 1. The summed E-state index contributed by atoms with van der Waals surface area (Å²) in [5, 5.41) is 13.5. The van der Waals surface area contributed by atoms with E-state index in [2.05, 4.69) is 10.2 Å². The molecular weight excluding hydrogens is 378 g/mol. The first-order valence-corrected chi connectivity index (χ1v) is 8.25. The Morgan fingerprint density at radius 3 is 2.46 bits per heavy atom. The molecule has 0 aliphatic carbocycles. The molecule has 0 saturated carbocycles. The van der Waals surface area contributed by atoms with Crippen LogP contribution in [0.25, 0.3) is 0 Å². The van der Waals surface area contributed by atoms with E-state index in [9.17, 15) is 9.50 Å². The van der Waals surface area contributed by atoms with Crippen molar-refractivity contribution >= 4 is 36.4 Å². The van der Waals surface area contributed by atoms with Crippen molar-refractivity contribution in [3.63, 3.8) is 0 Å². The highest BCUT2D eigenvalue weighted by atomic mass is 35.5. The van der Waals surface area contributed by atoms with Crippen LogP contribution in [-0.4, -0.2) is 49.4 Å². The van der Waals surface area contributed by atoms with Gasteiger partial charge in [-0.15, -0.1) is 24.8 Å². The summed E-state index contributed by atoms with van der Waals surface area (Å²) in [5.74, 6) is -0.301. The van der Waals surface area contributed by atoms with Crippen molar-refractivity contribution in [2.24, 2.45) is 5.92 Å². The molecule has 3 rings (SSSR count). The first kappa shape index (κ1) is 21.7. The summed E-state index contributed by atoms with van der Waals surface area (Å²) in [6.45, 7) is 5.16. The Balaban J connectivity index is 0.00000144. The van der Waals surface area contributed by atoms with E-state index in [-0.39, 0.29) is 41.6 Å². The fourth-order valence-electron chi connectivity index (χ4n) is 3.53. The summed E-state index contributed by atoms with van der Waals surface area (Å²) in [4.78, 5) is 2.37. The molecule has 2 heterocycles. The van der Waals surface area contributed by atoms with Crippen LogP contribution in [0.4, 0.5) is 4.39 Å². The monoisotopic (exact) mass is 400 g/mol. The normalized spacial score (nSPS) is 20.8. The third kappa shape index (κ3) is 4.65. The molecule has 2 N–H and O–H groups in total. The lowest BCUT2D eigenvalue weighted by Crippen LogP contribution is -2.47. The molecule has 0 bridgehead atoms. The van der Waals surface area contributed by atoms with E-state index < -0.39 is 5.82 Å². The van der Waals surface area contributed by atoms with Gasteiger partial charge in [-0.25, -0.2) is 4.39 Å². The van der Waals surface area contributed by atoms with Gasteiger partial charge in [0.2, 0.25) is 0 Å². The Labute approximate surface area is 159 Å². The van der Waals surface area contributed by atoms with Crippen LogP contribution in [0.15, 0.2) is 12.1 Å². The largest absolute Gasteiger partial charge is 0.506 e. The molecule has 8 heteroatoms. The average molecular weight is 402 g/mol. The number of benzene rings is 1. The van der Waals surface area contributed by atoms with Crippen molar-refractivity contribution in [1.29, 1.82) is 0 Å². The summed E-state index contributed by atoms with van der Waals surface area (Å²) in [6.07, 6.45) is 1.89. The highest BCUT2D eigenvalue weighted by molar-refractivity contribution is 6.32. The van der Waals surface area contributed by atoms with Crippen LogP contribution in [0.5, 0.6) is 5.75 Å². The predicted molar refractivity (Wildman–Crippen MR) is 98.3 cm³/mol. The quantitative estimate of drug-likeness (QED) is 0.815. The van der Waals surface area contributed by atoms with E-state index in [1.54, 1.807) is 6.07 Å². The number of nitrogens with one attached hydrogen (secondary N) is 1. The number of aromatic hydroxyl groups is 1. The van der Waals surface area contributed by atoms with Crippen LogP contribution in [0.1, 0.15) is 24.4 Å². The molecule has 2 fully saturated rings. The van der Waals surface area contributed by atoms with Gasteiger partial charge in [-0.05, 0) is 24.8 Å². The molecule has 1 atom stereocenters. The molecule has 2 aliphatic rings. The number of hydrogen-bond donors (Lipinski definition) is 2. The van der Waals surface area contributed by atoms with Gasteiger partial charge in [0.15, 0.2) is 0 Å². The van der Waals surface area contributed by atoms with Gasteiger partial charge in [0, 0.05) is 51.0 Å². The lowest BCUT2D eigenvalue weighted by Gasteiger charge is -2.41. The summed E-state index contributed by atoms with van der Waals surface area (Å²) in [5.41, 5.74) is 0.736. The average Bonchev–Trinajstić information content (AvgIpc) is 2.57. The SMILES string of the molecule is Cl.Cl.Oc1c([C@H](C2CCOCC2)N2CCNCC2)ccc(F)c1Cl. The summed E-state index contributed by atoms with van der Waals surface area (Å²) < 4.78 is 19.0. The first-order chi connectivity index (χ1) is 10.7. The predicted octanol–water partition coefficient (Wildman–Crippen LogP) is 3.40. The van der Waals surface area contributed by atoms with Gasteiger partial charge in [0.05, 0.1) is 0 Å². The van der Waals surface area contributed by atoms with E-state index in [4.69, 9.17) is 16.3 Å². The molecule has 1 aromatic rings. The molecule has 0 amide bonds. The second-order valence-corrected chi connectivity index (χ2v) is 6.36. The Morgan fingerprint density at radius 2 is 1.83 bits per heavy atom. The maximum Gasteiger partial charge on any atom is 0.145 e. The van der Waals surface area contributed by atoms with Crippen molar-refractivity contribution < 1.29 is 14.2 Å². The van der Waals surface area contributed by atoms with E-state index in [0.717, 1.165) is 57.8 Å². The summed E-state index contributed by atoms with van der Waals surface area (Å²) in [6, 6.07) is 3.09. The van der Waals surface area contributed by atoms with Crippen LogP contribution in [0, 0.1) is 11.7 Å². The maximum atomic E-state index is 13.6. The Bertz CT molecular complexity index is 506. The number of nitrogens with zero attached hydrogens (tertiary/aromatic N) is 1. The van der Waals surface area contributed by atoms with Gasteiger partial charge in [0.1, 0.15) is 16.6 Å². The molecule has 0 unspecified atom stereocenters. The third-order valence-electron chi connectivity index (χ3n) is 4.68. The molecule has 1 aromatic carbocycles. The number of ether oxygens (including phenoxy) is 1. The van der Waals surface area contributed by atoms with Gasteiger partial charge in [0.25, 0.3) is 0 Å². The van der Waals surface area contributed by atoms with Crippen LogP contribution in [0.3, 0.4) is 0 Å². The zero-order chi connectivity index (χ0) is 15.5. The van der Waals surface area contributed by atoms with Crippen LogP contribution >= 0.6 is 36.4 Å². The fourth-order valence-corrected chi connectivity index (χ4v) is 3.71. The summed E-state index contributed by atoms with van der Waals surface area (Å²) in [7, 11) is 0. The van der Waals surface area contributed by atoms with Crippen LogP contribution in [-0.2, 0) is 4.74 Å². The van der Waals surface area contributed by atoms with E-state index in [1.807, 2.05) is 0 Å². The van der Waals surface area contributed by atoms with Gasteiger partial charge in [-0.1, -0.05) is 17.7 Å². The maximum absolute atomic E-state index is 13.6. The molecule has 2 saturated heterocycles.